The predicted molar refractivity (Wildman–Crippen MR) is 178 cm³/mol. The van der Waals surface area contributed by atoms with Crippen LogP contribution in [0.2, 0.25) is 0 Å². The molecular weight excluding hydrogens is 605 g/mol. The lowest BCUT2D eigenvalue weighted by Gasteiger charge is -2.26. The Hall–Kier alpha value is -4.78. The molecule has 0 spiro atoms. The number of guanidine groups is 1. The van der Waals surface area contributed by atoms with Gasteiger partial charge in [-0.25, -0.2) is 4.39 Å². The van der Waals surface area contributed by atoms with Crippen molar-refractivity contribution in [2.45, 2.75) is 77.0 Å². The number of aliphatic hydroxyl groups is 1. The quantitative estimate of drug-likeness (QED) is 0.0419. The Morgan fingerprint density at radius 3 is 2.28 bits per heavy atom. The van der Waals surface area contributed by atoms with Gasteiger partial charge in [0.25, 0.3) is 0 Å². The molecule has 3 aromatic rings. The number of nitrogens with two attached hydrogens (primary N) is 2. The van der Waals surface area contributed by atoms with Crippen molar-refractivity contribution in [3.8, 4) is 0 Å². The number of aromatic amines is 1. The Bertz CT molecular complexity index is 1520. The smallest absolute Gasteiger partial charge is 0.243 e. The second kappa shape index (κ2) is 17.8. The molecule has 47 heavy (non-hydrogen) atoms. The van der Waals surface area contributed by atoms with Crippen molar-refractivity contribution in [2.75, 3.05) is 6.54 Å². The van der Waals surface area contributed by atoms with Crippen LogP contribution >= 0.6 is 0 Å². The third-order valence-corrected chi connectivity index (χ3v) is 7.93. The molecule has 0 radical (unpaired) electrons. The summed E-state index contributed by atoms with van der Waals surface area (Å²) < 4.78 is 13.2. The molecule has 0 fully saturated rings. The second-order valence-electron chi connectivity index (χ2n) is 12.3. The van der Waals surface area contributed by atoms with E-state index >= 15 is 0 Å². The maximum Gasteiger partial charge on any atom is 0.243 e. The van der Waals surface area contributed by atoms with Crippen molar-refractivity contribution in [1.82, 2.24) is 20.9 Å². The number of ketones is 1. The van der Waals surface area contributed by atoms with Crippen molar-refractivity contribution in [1.29, 1.82) is 5.41 Å². The Kier molecular flexibility index (Phi) is 13.9. The van der Waals surface area contributed by atoms with Crippen LogP contribution in [0.5, 0.6) is 0 Å². The summed E-state index contributed by atoms with van der Waals surface area (Å²) in [5.74, 6) is -3.30. The number of rotatable bonds is 19. The highest BCUT2D eigenvalue weighted by atomic mass is 19.1. The fourth-order valence-corrected chi connectivity index (χ4v) is 5.51. The zero-order valence-electron chi connectivity index (χ0n) is 26.9. The Labute approximate surface area is 273 Å². The Balaban J connectivity index is 1.69. The molecule has 13 heteroatoms. The molecule has 254 valence electrons. The first-order chi connectivity index (χ1) is 22.3. The molecule has 0 aliphatic rings. The van der Waals surface area contributed by atoms with Gasteiger partial charge in [0, 0.05) is 48.0 Å². The van der Waals surface area contributed by atoms with Gasteiger partial charge in [0.2, 0.25) is 17.7 Å². The molecule has 0 saturated heterocycles. The Morgan fingerprint density at radius 2 is 1.62 bits per heavy atom. The first-order valence-electron chi connectivity index (χ1n) is 15.8. The third kappa shape index (κ3) is 11.8. The largest absolute Gasteiger partial charge is 0.393 e. The molecule has 1 unspecified atom stereocenters. The van der Waals surface area contributed by atoms with Crippen LogP contribution in [-0.4, -0.2) is 64.3 Å². The summed E-state index contributed by atoms with van der Waals surface area (Å²) in [5, 5.41) is 27.3. The van der Waals surface area contributed by atoms with E-state index in [0.717, 1.165) is 16.5 Å². The number of hydrogen-bond donors (Lipinski definition) is 8. The number of Topliss-reactive ketones (excluding diaryl/α,β-unsaturated/α-hetero) is 1. The van der Waals surface area contributed by atoms with Crippen LogP contribution < -0.4 is 27.4 Å². The van der Waals surface area contributed by atoms with E-state index in [4.69, 9.17) is 16.9 Å². The van der Waals surface area contributed by atoms with Crippen LogP contribution in [0.3, 0.4) is 0 Å². The molecule has 0 aliphatic carbocycles. The molecule has 3 amide bonds. The minimum atomic E-state index is -1.05. The minimum Gasteiger partial charge on any atom is -0.393 e. The zero-order chi connectivity index (χ0) is 34.5. The van der Waals surface area contributed by atoms with E-state index in [0.29, 0.717) is 18.4 Å². The number of H-pyrrole nitrogens is 1. The van der Waals surface area contributed by atoms with E-state index < -0.39 is 47.6 Å². The molecule has 2 aromatic carbocycles. The number of halogens is 1. The number of fused-ring (bicyclic) bond motifs is 1. The van der Waals surface area contributed by atoms with Gasteiger partial charge in [0.05, 0.1) is 6.10 Å². The van der Waals surface area contributed by atoms with E-state index in [1.54, 1.807) is 6.20 Å². The number of aliphatic hydroxyl groups excluding tert-OH is 1. The first-order valence-corrected chi connectivity index (χ1v) is 15.8. The van der Waals surface area contributed by atoms with Crippen LogP contribution in [0.25, 0.3) is 10.9 Å². The van der Waals surface area contributed by atoms with Gasteiger partial charge in [-0.15, -0.1) is 0 Å². The Morgan fingerprint density at radius 1 is 0.936 bits per heavy atom. The number of para-hydroxylation sites is 1. The summed E-state index contributed by atoms with van der Waals surface area (Å²) >= 11 is 0. The average molecular weight is 652 g/mol. The number of aromatic nitrogens is 1. The van der Waals surface area contributed by atoms with Crippen LogP contribution in [0, 0.1) is 23.1 Å². The monoisotopic (exact) mass is 651 g/mol. The molecule has 1 aromatic heterocycles. The van der Waals surface area contributed by atoms with Gasteiger partial charge >= 0.3 is 0 Å². The third-order valence-electron chi connectivity index (χ3n) is 7.93. The second-order valence-corrected chi connectivity index (χ2v) is 12.3. The van der Waals surface area contributed by atoms with Gasteiger partial charge in [0.15, 0.2) is 11.7 Å². The highest BCUT2D eigenvalue weighted by molar-refractivity contribution is 5.96. The van der Waals surface area contributed by atoms with Crippen LogP contribution in [0.4, 0.5) is 4.39 Å². The van der Waals surface area contributed by atoms with Crippen LogP contribution in [-0.2, 0) is 20.8 Å². The van der Waals surface area contributed by atoms with Crippen molar-refractivity contribution < 1.29 is 28.7 Å². The summed E-state index contributed by atoms with van der Waals surface area (Å²) in [6, 6.07) is 10.6. The highest BCUT2D eigenvalue weighted by Gasteiger charge is 2.30. The molecule has 4 atom stereocenters. The number of carbonyl (C=O) groups is 4. The number of amides is 3. The normalized spacial score (nSPS) is 13.8. The molecule has 12 nitrogen and oxygen atoms in total. The molecular formula is C34H46FN7O5. The van der Waals surface area contributed by atoms with Gasteiger partial charge < -0.3 is 37.5 Å². The highest BCUT2D eigenvalue weighted by Crippen LogP contribution is 2.22. The number of carbonyl (C=O) groups excluding carboxylic acids is 4. The summed E-state index contributed by atoms with van der Waals surface area (Å²) in [6.07, 6.45) is 2.05. The van der Waals surface area contributed by atoms with E-state index in [-0.39, 0.29) is 56.3 Å². The maximum atomic E-state index is 13.6. The number of primary amides is 1. The van der Waals surface area contributed by atoms with Gasteiger partial charge in [-0.2, -0.15) is 0 Å². The van der Waals surface area contributed by atoms with Crippen molar-refractivity contribution in [3.05, 3.63) is 71.7 Å². The molecule has 0 saturated carbocycles. The van der Waals surface area contributed by atoms with E-state index in [1.807, 2.05) is 38.1 Å². The summed E-state index contributed by atoms with van der Waals surface area (Å²) in [7, 11) is 0. The average Bonchev–Trinajstić information content (AvgIpc) is 3.43. The summed E-state index contributed by atoms with van der Waals surface area (Å²) in [5.41, 5.74) is 13.1. The lowest BCUT2D eigenvalue weighted by Crippen LogP contribution is -2.54. The molecule has 0 aliphatic heterocycles. The van der Waals surface area contributed by atoms with E-state index in [1.165, 1.54) is 24.3 Å². The topological polar surface area (TPSA) is 216 Å². The fraction of sp³-hybridized carbons (Fsp3) is 0.441. The van der Waals surface area contributed by atoms with Crippen molar-refractivity contribution >= 4 is 40.4 Å². The number of benzene rings is 2. The van der Waals surface area contributed by atoms with Gasteiger partial charge in [0.1, 0.15) is 17.9 Å². The van der Waals surface area contributed by atoms with Gasteiger partial charge in [-0.3, -0.25) is 24.6 Å². The van der Waals surface area contributed by atoms with Gasteiger partial charge in [-0.05, 0) is 73.9 Å². The zero-order valence-corrected chi connectivity index (χ0v) is 26.9. The standard InChI is InChI=1S/C34H46FN7O5/c1-20(2)16-22(17-25(43)13-14-30(44)21-9-11-24(35)12-10-21)32(46)41-28(8-5-15-39-34(37)38)33(47)42-29(31(36)45)18-23-19-40-27-7-4-3-6-26(23)27/h3-4,6-7,9-12,19-20,22,25,28-29,40,43H,5,8,13-18H2,1-2H3,(H2,36,45)(H,41,46)(H,42,47)(H4,37,38,39)/t22?,25-,28+,29+/m1/s1. The molecule has 3 rings (SSSR count). The summed E-state index contributed by atoms with van der Waals surface area (Å²) in [6.45, 7) is 4.15. The predicted octanol–water partition coefficient (Wildman–Crippen LogP) is 2.64. The fourth-order valence-electron chi connectivity index (χ4n) is 5.51. The lowest BCUT2D eigenvalue weighted by molar-refractivity contribution is -0.133. The summed E-state index contributed by atoms with van der Waals surface area (Å²) in [4.78, 5) is 55.3. The molecule has 1 heterocycles. The molecule has 0 bridgehead atoms. The molecule has 10 N–H and O–H groups in total. The minimum absolute atomic E-state index is 0.0158. The van der Waals surface area contributed by atoms with Crippen molar-refractivity contribution in [2.24, 2.45) is 23.3 Å². The first kappa shape index (κ1) is 36.7. The van der Waals surface area contributed by atoms with Crippen molar-refractivity contribution in [3.63, 3.8) is 0 Å². The van der Waals surface area contributed by atoms with Gasteiger partial charge in [-0.1, -0.05) is 32.0 Å². The number of nitrogens with one attached hydrogen (secondary N) is 5. The lowest BCUT2D eigenvalue weighted by atomic mass is 9.89. The maximum absolute atomic E-state index is 13.6. The SMILES string of the molecule is CC(C)CC(C[C@H](O)CCC(=O)c1ccc(F)cc1)C(=O)N[C@@H](CCCNC(=N)N)C(=O)N[C@@H](Cc1c[nH]c2ccccc12)C(N)=O. The van der Waals surface area contributed by atoms with Crippen LogP contribution in [0.1, 0.15) is 68.3 Å². The van der Waals surface area contributed by atoms with E-state index in [9.17, 15) is 28.7 Å². The van der Waals surface area contributed by atoms with Crippen LogP contribution in [0.15, 0.2) is 54.7 Å². The number of hydrogen-bond acceptors (Lipinski definition) is 6. The van der Waals surface area contributed by atoms with E-state index in [2.05, 4.69) is 20.9 Å².